The number of halogens is 1. The number of nitro benzene ring substituents is 1. The molecule has 0 aliphatic carbocycles. The smallest absolute Gasteiger partial charge is 0.272 e. The van der Waals surface area contributed by atoms with Gasteiger partial charge in [-0.2, -0.15) is 0 Å². The van der Waals surface area contributed by atoms with Gasteiger partial charge in [0, 0.05) is 6.07 Å². The number of aromatic nitrogens is 3. The summed E-state index contributed by atoms with van der Waals surface area (Å²) in [4.78, 5) is 10.0. The Labute approximate surface area is 114 Å². The minimum absolute atomic E-state index is 0.196. The third-order valence-corrected chi connectivity index (χ3v) is 2.87. The van der Waals surface area contributed by atoms with E-state index >= 15 is 0 Å². The Balaban J connectivity index is 2.21. The van der Waals surface area contributed by atoms with E-state index in [1.54, 1.807) is 6.20 Å². The van der Waals surface area contributed by atoms with Crippen LogP contribution in [0.1, 0.15) is 30.6 Å². The van der Waals surface area contributed by atoms with E-state index in [4.69, 9.17) is 5.73 Å². The van der Waals surface area contributed by atoms with Gasteiger partial charge < -0.3 is 5.73 Å². The van der Waals surface area contributed by atoms with Gasteiger partial charge in [-0.15, -0.1) is 5.10 Å². The number of non-ortho nitro benzene ring substituents is 1. The van der Waals surface area contributed by atoms with Gasteiger partial charge in [0.1, 0.15) is 5.82 Å². The van der Waals surface area contributed by atoms with E-state index in [-0.39, 0.29) is 18.3 Å². The van der Waals surface area contributed by atoms with Gasteiger partial charge in [0.25, 0.3) is 5.69 Å². The van der Waals surface area contributed by atoms with Crippen LogP contribution >= 0.6 is 0 Å². The molecule has 0 fully saturated rings. The molecule has 8 heteroatoms. The van der Waals surface area contributed by atoms with Crippen LogP contribution in [-0.4, -0.2) is 19.9 Å². The van der Waals surface area contributed by atoms with Crippen molar-refractivity contribution in [2.45, 2.75) is 25.9 Å². The minimum Gasteiger partial charge on any atom is -0.323 e. The molecule has 7 nitrogen and oxygen atoms in total. The van der Waals surface area contributed by atoms with Crippen LogP contribution in [0.3, 0.4) is 0 Å². The van der Waals surface area contributed by atoms with Crippen molar-refractivity contribution in [3.63, 3.8) is 0 Å². The van der Waals surface area contributed by atoms with Crippen LogP contribution in [0.2, 0.25) is 0 Å². The molecule has 106 valence electrons. The van der Waals surface area contributed by atoms with Gasteiger partial charge in [-0.25, -0.2) is 9.07 Å². The maximum atomic E-state index is 13.3. The highest BCUT2D eigenvalue weighted by Crippen LogP contribution is 2.17. The second-order valence-electron chi connectivity index (χ2n) is 4.43. The molecule has 2 aromatic rings. The molecule has 20 heavy (non-hydrogen) atoms. The fraction of sp³-hybridized carbons (Fsp3) is 0.333. The van der Waals surface area contributed by atoms with E-state index in [0.717, 1.165) is 12.5 Å². The highest BCUT2D eigenvalue weighted by molar-refractivity contribution is 5.35. The Kier molecular flexibility index (Phi) is 4.04. The van der Waals surface area contributed by atoms with Gasteiger partial charge in [-0.05, 0) is 18.1 Å². The van der Waals surface area contributed by atoms with Crippen molar-refractivity contribution in [2.24, 2.45) is 5.73 Å². The molecule has 1 heterocycles. The molecule has 2 rings (SSSR count). The first-order chi connectivity index (χ1) is 9.49. The summed E-state index contributed by atoms with van der Waals surface area (Å²) in [5.74, 6) is -0.653. The molecule has 0 aliphatic heterocycles. The monoisotopic (exact) mass is 279 g/mol. The molecular formula is C12H14FN5O2. The van der Waals surface area contributed by atoms with E-state index < -0.39 is 10.7 Å². The molecule has 2 N–H and O–H groups in total. The van der Waals surface area contributed by atoms with Crippen LogP contribution in [0.4, 0.5) is 10.1 Å². The molecular weight excluding hydrogens is 265 g/mol. The van der Waals surface area contributed by atoms with Crippen LogP contribution in [0.15, 0.2) is 24.4 Å². The number of benzene rings is 1. The first-order valence-corrected chi connectivity index (χ1v) is 6.09. The van der Waals surface area contributed by atoms with Crippen molar-refractivity contribution >= 4 is 5.69 Å². The van der Waals surface area contributed by atoms with E-state index in [1.807, 2.05) is 6.92 Å². The van der Waals surface area contributed by atoms with Crippen molar-refractivity contribution in [3.05, 3.63) is 51.6 Å². The zero-order chi connectivity index (χ0) is 14.7. The summed E-state index contributed by atoms with van der Waals surface area (Å²) in [6.45, 7) is 2.13. The third-order valence-electron chi connectivity index (χ3n) is 2.87. The standard InChI is InChI=1S/C12H14FN5O2/c1-2-11(14)12-7-17(16-15-12)6-8-3-9(13)5-10(4-8)18(19)20/h3-5,7,11H,2,6,14H2,1H3. The van der Waals surface area contributed by atoms with E-state index in [1.165, 1.54) is 16.8 Å². The van der Waals surface area contributed by atoms with Crippen molar-refractivity contribution in [3.8, 4) is 0 Å². The fourth-order valence-electron chi connectivity index (χ4n) is 1.79. The lowest BCUT2D eigenvalue weighted by Gasteiger charge is -2.03. The summed E-state index contributed by atoms with van der Waals surface area (Å²) in [5, 5.41) is 18.5. The van der Waals surface area contributed by atoms with E-state index in [0.29, 0.717) is 11.3 Å². The lowest BCUT2D eigenvalue weighted by atomic mass is 10.2. The Morgan fingerprint density at radius 1 is 1.50 bits per heavy atom. The van der Waals surface area contributed by atoms with Gasteiger partial charge in [0.2, 0.25) is 0 Å². The number of nitro groups is 1. The summed E-state index contributed by atoms with van der Waals surface area (Å²) in [5.41, 5.74) is 6.62. The largest absolute Gasteiger partial charge is 0.323 e. The number of nitrogens with zero attached hydrogens (tertiary/aromatic N) is 4. The maximum absolute atomic E-state index is 13.3. The average molecular weight is 279 g/mol. The van der Waals surface area contributed by atoms with E-state index in [2.05, 4.69) is 10.3 Å². The van der Waals surface area contributed by atoms with Crippen LogP contribution in [-0.2, 0) is 6.54 Å². The zero-order valence-electron chi connectivity index (χ0n) is 10.9. The average Bonchev–Trinajstić information content (AvgIpc) is 2.85. The van der Waals surface area contributed by atoms with Gasteiger partial charge in [-0.3, -0.25) is 10.1 Å². The number of hydrogen-bond donors (Lipinski definition) is 1. The van der Waals surface area contributed by atoms with Crippen molar-refractivity contribution < 1.29 is 9.31 Å². The van der Waals surface area contributed by atoms with Gasteiger partial charge in [-0.1, -0.05) is 12.1 Å². The topological polar surface area (TPSA) is 99.9 Å². The lowest BCUT2D eigenvalue weighted by Crippen LogP contribution is -2.08. The molecule has 0 bridgehead atoms. The van der Waals surface area contributed by atoms with Crippen LogP contribution in [0.5, 0.6) is 0 Å². The molecule has 1 atom stereocenters. The molecule has 0 amide bonds. The van der Waals surface area contributed by atoms with Gasteiger partial charge >= 0.3 is 0 Å². The molecule has 1 aromatic carbocycles. The summed E-state index contributed by atoms with van der Waals surface area (Å²) in [6, 6.07) is 3.22. The van der Waals surface area contributed by atoms with E-state index in [9.17, 15) is 14.5 Å². The zero-order valence-corrected chi connectivity index (χ0v) is 10.9. The van der Waals surface area contributed by atoms with Gasteiger partial charge in [0.05, 0.1) is 35.5 Å². The molecule has 0 saturated carbocycles. The van der Waals surface area contributed by atoms with Crippen molar-refractivity contribution in [2.75, 3.05) is 0 Å². The number of hydrogen-bond acceptors (Lipinski definition) is 5. The Hall–Kier alpha value is -2.35. The van der Waals surface area contributed by atoms with Crippen molar-refractivity contribution in [1.82, 2.24) is 15.0 Å². The Morgan fingerprint density at radius 3 is 2.90 bits per heavy atom. The highest BCUT2D eigenvalue weighted by atomic mass is 19.1. The second kappa shape index (κ2) is 5.74. The number of nitrogens with two attached hydrogens (primary N) is 1. The fourth-order valence-corrected chi connectivity index (χ4v) is 1.79. The molecule has 0 radical (unpaired) electrons. The highest BCUT2D eigenvalue weighted by Gasteiger charge is 2.12. The first-order valence-electron chi connectivity index (χ1n) is 6.09. The summed E-state index contributed by atoms with van der Waals surface area (Å²) < 4.78 is 14.8. The molecule has 1 aromatic heterocycles. The summed E-state index contributed by atoms with van der Waals surface area (Å²) >= 11 is 0. The molecule has 0 aliphatic rings. The molecule has 0 spiro atoms. The van der Waals surface area contributed by atoms with Gasteiger partial charge in [0.15, 0.2) is 0 Å². The second-order valence-corrected chi connectivity index (χ2v) is 4.43. The third kappa shape index (κ3) is 3.15. The SMILES string of the molecule is CCC(N)c1cn(Cc2cc(F)cc([N+](=O)[O-])c2)nn1. The van der Waals surface area contributed by atoms with Crippen LogP contribution in [0.25, 0.3) is 0 Å². The molecule has 0 saturated heterocycles. The quantitative estimate of drug-likeness (QED) is 0.664. The summed E-state index contributed by atoms with van der Waals surface area (Å²) in [6.07, 6.45) is 2.38. The summed E-state index contributed by atoms with van der Waals surface area (Å²) in [7, 11) is 0. The van der Waals surface area contributed by atoms with Crippen molar-refractivity contribution in [1.29, 1.82) is 0 Å². The predicted molar refractivity (Wildman–Crippen MR) is 69.4 cm³/mol. The van der Waals surface area contributed by atoms with Crippen LogP contribution < -0.4 is 5.73 Å². The maximum Gasteiger partial charge on any atom is 0.272 e. The normalized spacial score (nSPS) is 12.3. The Morgan fingerprint density at radius 2 is 2.25 bits per heavy atom. The lowest BCUT2D eigenvalue weighted by molar-refractivity contribution is -0.385. The predicted octanol–water partition coefficient (Wildman–Crippen LogP) is 1.78. The number of rotatable bonds is 5. The molecule has 1 unspecified atom stereocenters. The van der Waals surface area contributed by atoms with Crippen LogP contribution in [0, 0.1) is 15.9 Å². The Bertz CT molecular complexity index is 628. The minimum atomic E-state index is -0.653. The first kappa shape index (κ1) is 14.1.